The molecule has 1 amide bonds. The summed E-state index contributed by atoms with van der Waals surface area (Å²) in [5.41, 5.74) is 9.77. The summed E-state index contributed by atoms with van der Waals surface area (Å²) in [6.45, 7) is 1.86. The third kappa shape index (κ3) is 4.14. The van der Waals surface area contributed by atoms with Crippen molar-refractivity contribution in [2.45, 2.75) is 24.7 Å². The summed E-state index contributed by atoms with van der Waals surface area (Å²) in [5, 5.41) is 20.3. The molecular formula is C22H23N5O4S. The average molecular weight is 454 g/mol. The molecule has 0 radical (unpaired) electrons. The van der Waals surface area contributed by atoms with Gasteiger partial charge in [0.25, 0.3) is 0 Å². The maximum atomic E-state index is 12.7. The molecule has 1 fully saturated rings. The highest BCUT2D eigenvalue weighted by molar-refractivity contribution is 7.89. The topological polar surface area (TPSA) is 161 Å². The number of nitrogens with zero attached hydrogens (tertiary/aromatic N) is 2. The van der Waals surface area contributed by atoms with E-state index in [1.54, 1.807) is 30.3 Å². The van der Waals surface area contributed by atoms with E-state index in [1.807, 2.05) is 13.0 Å². The molecule has 0 spiro atoms. The third-order valence-electron chi connectivity index (χ3n) is 5.83. The van der Waals surface area contributed by atoms with Crippen LogP contribution in [0, 0.1) is 11.8 Å². The number of oxime groups is 1. The van der Waals surface area contributed by atoms with Crippen molar-refractivity contribution >= 4 is 27.5 Å². The van der Waals surface area contributed by atoms with Crippen molar-refractivity contribution in [3.05, 3.63) is 65.5 Å². The number of sulfonamides is 1. The minimum atomic E-state index is -3.88. The summed E-state index contributed by atoms with van der Waals surface area (Å²) < 4.78 is 23.7. The molecule has 0 aliphatic heterocycles. The first-order chi connectivity index (χ1) is 15.2. The van der Waals surface area contributed by atoms with Gasteiger partial charge < -0.3 is 16.3 Å². The van der Waals surface area contributed by atoms with E-state index in [1.165, 1.54) is 12.3 Å². The molecule has 32 heavy (non-hydrogen) atoms. The molecule has 0 unspecified atom stereocenters. The maximum Gasteiger partial charge on any atom is 0.238 e. The van der Waals surface area contributed by atoms with Crippen LogP contribution in [-0.4, -0.2) is 30.2 Å². The standard InChI is InChI=1S/C22H23N5O4S/c1-12-14(7-8-18(27-29)21(12)23)16-10-17(16)22(28)26-20-9-6-13(11-25-20)15-4-2-3-5-19(15)32(24,30)31/h2-7,9,11,16-17,29H,8,10,23H2,1H3,(H2,24,30,31)(H,25,26,28)/t16-,17-/m1/s1. The third-order valence-corrected chi connectivity index (χ3v) is 6.80. The second kappa shape index (κ2) is 8.21. The van der Waals surface area contributed by atoms with E-state index in [9.17, 15) is 13.2 Å². The summed E-state index contributed by atoms with van der Waals surface area (Å²) in [7, 11) is -3.88. The van der Waals surface area contributed by atoms with Gasteiger partial charge in [0, 0.05) is 29.7 Å². The number of aromatic nitrogens is 1. The van der Waals surface area contributed by atoms with Crippen LogP contribution in [0.1, 0.15) is 19.8 Å². The number of pyridine rings is 1. The molecule has 2 aliphatic carbocycles. The van der Waals surface area contributed by atoms with Crippen LogP contribution in [0.15, 0.2) is 75.6 Å². The Hall–Kier alpha value is -3.50. The maximum absolute atomic E-state index is 12.7. The molecule has 166 valence electrons. The number of allylic oxidation sites excluding steroid dienone is 4. The first kappa shape index (κ1) is 21.7. The van der Waals surface area contributed by atoms with E-state index in [-0.39, 0.29) is 22.6 Å². The van der Waals surface area contributed by atoms with Crippen molar-refractivity contribution in [2.75, 3.05) is 5.32 Å². The normalized spacial score (nSPS) is 21.9. The Morgan fingerprint density at radius 2 is 2.00 bits per heavy atom. The molecule has 2 atom stereocenters. The minimum Gasteiger partial charge on any atom is -0.411 e. The van der Waals surface area contributed by atoms with Gasteiger partial charge in [-0.2, -0.15) is 0 Å². The van der Waals surface area contributed by atoms with Crippen molar-refractivity contribution in [3.63, 3.8) is 0 Å². The van der Waals surface area contributed by atoms with Crippen molar-refractivity contribution in [1.29, 1.82) is 0 Å². The molecule has 1 saturated carbocycles. The van der Waals surface area contributed by atoms with E-state index in [0.29, 0.717) is 41.2 Å². The van der Waals surface area contributed by atoms with E-state index in [0.717, 1.165) is 11.1 Å². The zero-order valence-corrected chi connectivity index (χ0v) is 18.1. The Bertz CT molecular complexity index is 1280. The molecule has 4 rings (SSSR count). The van der Waals surface area contributed by atoms with Crippen molar-refractivity contribution in [1.82, 2.24) is 4.98 Å². The van der Waals surface area contributed by atoms with Crippen LogP contribution < -0.4 is 16.2 Å². The molecule has 1 aromatic carbocycles. The second-order valence-electron chi connectivity index (χ2n) is 7.86. The van der Waals surface area contributed by atoms with Crippen LogP contribution in [0.25, 0.3) is 11.1 Å². The summed E-state index contributed by atoms with van der Waals surface area (Å²) >= 11 is 0. The lowest BCUT2D eigenvalue weighted by atomic mass is 9.91. The van der Waals surface area contributed by atoms with Crippen LogP contribution in [0.4, 0.5) is 5.82 Å². The van der Waals surface area contributed by atoms with Crippen molar-refractivity contribution in [2.24, 2.45) is 27.9 Å². The zero-order valence-electron chi connectivity index (χ0n) is 17.3. The molecule has 2 aromatic rings. The van der Waals surface area contributed by atoms with Gasteiger partial charge in [-0.05, 0) is 48.6 Å². The first-order valence-electron chi connectivity index (χ1n) is 9.98. The lowest BCUT2D eigenvalue weighted by Crippen LogP contribution is -2.20. The van der Waals surface area contributed by atoms with Gasteiger partial charge in [-0.1, -0.05) is 29.4 Å². The van der Waals surface area contributed by atoms with Crippen molar-refractivity contribution < 1.29 is 18.4 Å². The Labute approximate surface area is 185 Å². The van der Waals surface area contributed by atoms with Crippen LogP contribution >= 0.6 is 0 Å². The average Bonchev–Trinajstić information content (AvgIpc) is 3.56. The Kier molecular flexibility index (Phi) is 5.57. The molecule has 1 heterocycles. The Morgan fingerprint density at radius 3 is 2.66 bits per heavy atom. The fourth-order valence-corrected chi connectivity index (χ4v) is 4.75. The highest BCUT2D eigenvalue weighted by atomic mass is 32.2. The van der Waals surface area contributed by atoms with E-state index in [2.05, 4.69) is 15.5 Å². The zero-order chi connectivity index (χ0) is 23.0. The van der Waals surface area contributed by atoms with Gasteiger partial charge in [-0.15, -0.1) is 0 Å². The highest BCUT2D eigenvalue weighted by Gasteiger charge is 2.46. The highest BCUT2D eigenvalue weighted by Crippen LogP contribution is 2.48. The summed E-state index contributed by atoms with van der Waals surface area (Å²) in [4.78, 5) is 17.0. The fraction of sp³-hybridized carbons (Fsp3) is 0.227. The number of carbonyl (C=O) groups is 1. The number of carbonyl (C=O) groups excluding carboxylic acids is 1. The van der Waals surface area contributed by atoms with Gasteiger partial charge >= 0.3 is 0 Å². The molecule has 2 aliphatic rings. The minimum absolute atomic E-state index is 0.0114. The van der Waals surface area contributed by atoms with Gasteiger partial charge in [0.05, 0.1) is 10.6 Å². The van der Waals surface area contributed by atoms with Crippen molar-refractivity contribution in [3.8, 4) is 11.1 Å². The largest absolute Gasteiger partial charge is 0.411 e. The monoisotopic (exact) mass is 453 g/mol. The number of primary sulfonamides is 1. The molecule has 1 aromatic heterocycles. The molecular weight excluding hydrogens is 430 g/mol. The quantitative estimate of drug-likeness (QED) is 0.401. The molecule has 9 nitrogen and oxygen atoms in total. The van der Waals surface area contributed by atoms with E-state index in [4.69, 9.17) is 16.1 Å². The van der Waals surface area contributed by atoms with E-state index < -0.39 is 10.0 Å². The number of benzene rings is 1. The predicted molar refractivity (Wildman–Crippen MR) is 120 cm³/mol. The lowest BCUT2D eigenvalue weighted by Gasteiger charge is -2.17. The van der Waals surface area contributed by atoms with Crippen LogP contribution in [0.5, 0.6) is 0 Å². The van der Waals surface area contributed by atoms with E-state index >= 15 is 0 Å². The van der Waals surface area contributed by atoms with Gasteiger partial charge in [0.15, 0.2) is 0 Å². The second-order valence-corrected chi connectivity index (χ2v) is 9.39. The Morgan fingerprint density at radius 1 is 1.25 bits per heavy atom. The predicted octanol–water partition coefficient (Wildman–Crippen LogP) is 2.36. The number of rotatable bonds is 5. The lowest BCUT2D eigenvalue weighted by molar-refractivity contribution is -0.117. The first-order valence-corrected chi connectivity index (χ1v) is 11.5. The molecule has 10 heteroatoms. The molecule has 0 saturated heterocycles. The number of hydrogen-bond acceptors (Lipinski definition) is 7. The van der Waals surface area contributed by atoms with Crippen LogP contribution in [0.3, 0.4) is 0 Å². The van der Waals surface area contributed by atoms with Gasteiger partial charge in [0.2, 0.25) is 15.9 Å². The number of hydrogen-bond donors (Lipinski definition) is 4. The summed E-state index contributed by atoms with van der Waals surface area (Å²) in [6.07, 6.45) is 4.59. The molecule has 0 bridgehead atoms. The SMILES string of the molecule is CC1=C(N)C(=NO)CC=C1[C@H]1C[C@H]1C(=O)Nc1ccc(-c2ccccc2S(N)(=O)=O)cn1. The van der Waals surface area contributed by atoms with Crippen LogP contribution in [-0.2, 0) is 14.8 Å². The smallest absolute Gasteiger partial charge is 0.238 e. The van der Waals surface area contributed by atoms with Crippen LogP contribution in [0.2, 0.25) is 0 Å². The van der Waals surface area contributed by atoms with Gasteiger partial charge in [-0.25, -0.2) is 18.5 Å². The Balaban J connectivity index is 1.45. The number of nitrogens with two attached hydrogens (primary N) is 2. The van der Waals surface area contributed by atoms with Gasteiger partial charge in [0.1, 0.15) is 11.5 Å². The summed E-state index contributed by atoms with van der Waals surface area (Å²) in [6, 6.07) is 9.70. The number of nitrogens with one attached hydrogen (secondary N) is 1. The van der Waals surface area contributed by atoms with Gasteiger partial charge in [-0.3, -0.25) is 4.79 Å². The number of amides is 1. The summed E-state index contributed by atoms with van der Waals surface area (Å²) in [5.74, 6) is 0.0987. The number of anilines is 1. The fourth-order valence-electron chi connectivity index (χ4n) is 3.99. The molecule has 6 N–H and O–H groups in total.